The molecule has 0 fully saturated rings. The number of aryl methyl sites for hydroxylation is 1. The fraction of sp³-hybridized carbons (Fsp3) is 0.222. The fourth-order valence-electron chi connectivity index (χ4n) is 1.11. The van der Waals surface area contributed by atoms with Crippen molar-refractivity contribution in [3.63, 3.8) is 0 Å². The Morgan fingerprint density at radius 2 is 2.12 bits per heavy atom. The van der Waals surface area contributed by atoms with E-state index in [1.54, 1.807) is 6.92 Å². The number of nitrogens with zero attached hydrogens (tertiary/aromatic N) is 1. The minimum Gasteiger partial charge on any atom is -0.369 e. The number of aromatic nitrogens is 1. The van der Waals surface area contributed by atoms with Crippen molar-refractivity contribution in [1.29, 1.82) is 0 Å². The number of hydrogen-bond acceptors (Lipinski definition) is 4. The molecule has 0 atom stereocenters. The van der Waals surface area contributed by atoms with Crippen molar-refractivity contribution < 1.29 is 13.2 Å². The first kappa shape index (κ1) is 12.4. The van der Waals surface area contributed by atoms with Crippen LogP contribution in [0.25, 0.3) is 0 Å². The van der Waals surface area contributed by atoms with E-state index in [2.05, 4.69) is 9.71 Å². The van der Waals surface area contributed by atoms with E-state index in [9.17, 15) is 13.2 Å². The lowest BCUT2D eigenvalue weighted by Crippen LogP contribution is -2.14. The van der Waals surface area contributed by atoms with E-state index in [1.807, 2.05) is 0 Å². The Morgan fingerprint density at radius 1 is 1.50 bits per heavy atom. The Balaban J connectivity index is 2.96. The molecule has 87 valence electrons. The van der Waals surface area contributed by atoms with Crippen LogP contribution >= 0.6 is 0 Å². The quantitative estimate of drug-likeness (QED) is 0.763. The molecule has 3 N–H and O–H groups in total. The molecule has 7 heteroatoms. The number of sulfonamides is 1. The van der Waals surface area contributed by atoms with Crippen LogP contribution in [0.2, 0.25) is 0 Å². The average molecular weight is 242 g/mol. The van der Waals surface area contributed by atoms with Gasteiger partial charge in [-0.15, -0.1) is 0 Å². The van der Waals surface area contributed by atoms with Gasteiger partial charge in [-0.2, -0.15) is 0 Å². The van der Waals surface area contributed by atoms with E-state index >= 15 is 0 Å². The monoisotopic (exact) mass is 242 g/mol. The summed E-state index contributed by atoms with van der Waals surface area (Å²) < 4.78 is 24.3. The molecule has 0 aromatic carbocycles. The normalized spacial score (nSPS) is 11.1. The molecule has 0 aliphatic carbocycles. The van der Waals surface area contributed by atoms with Gasteiger partial charge in [-0.25, -0.2) is 8.42 Å². The van der Waals surface area contributed by atoms with Gasteiger partial charge in [0.05, 0.1) is 29.8 Å². The zero-order valence-corrected chi connectivity index (χ0v) is 9.71. The van der Waals surface area contributed by atoms with Crippen LogP contribution < -0.4 is 10.5 Å². The summed E-state index contributed by atoms with van der Waals surface area (Å²) in [7, 11) is -3.33. The lowest BCUT2D eigenvalue weighted by atomic mass is 10.2. The molecule has 1 heterocycles. The van der Waals surface area contributed by atoms with Crippen molar-refractivity contribution in [1.82, 2.24) is 4.98 Å². The van der Waals surface area contributed by atoms with Crippen LogP contribution in [0.1, 0.15) is 11.4 Å². The van der Waals surface area contributed by atoms with Gasteiger partial charge >= 0.3 is 0 Å². The summed E-state index contributed by atoms with van der Waals surface area (Å²) in [5.41, 5.74) is 6.21. The smallest absolute Gasteiger partial charge is 0.229 e. The Labute approximate surface area is 93.9 Å². The van der Waals surface area contributed by atoms with Crippen molar-refractivity contribution >= 4 is 21.6 Å². The number of carbonyl (C=O) groups is 1. The van der Waals surface area contributed by atoms with Crippen molar-refractivity contribution in [2.75, 3.05) is 11.0 Å². The molecule has 16 heavy (non-hydrogen) atoms. The summed E-state index contributed by atoms with van der Waals surface area (Å²) in [4.78, 5) is 14.6. The van der Waals surface area contributed by atoms with Gasteiger partial charge in [0.25, 0.3) is 0 Å². The molecule has 0 unspecified atom stereocenters. The van der Waals surface area contributed by atoms with Crippen LogP contribution in [-0.4, -0.2) is 25.6 Å². The lowest BCUT2D eigenvalue weighted by molar-refractivity contribution is -0.114. The number of hydrogen-bond donors (Lipinski definition) is 2. The molecule has 0 aliphatic rings. The van der Waals surface area contributed by atoms with E-state index in [0.29, 0.717) is 17.1 Å². The second kappa shape index (κ2) is 4.48. The van der Waals surface area contributed by atoms with E-state index in [0.717, 1.165) is 12.7 Å². The zero-order valence-electron chi connectivity index (χ0n) is 8.89. The summed E-state index contributed by atoms with van der Waals surface area (Å²) >= 11 is 0. The third-order valence-corrected chi connectivity index (χ3v) is 2.28. The van der Waals surface area contributed by atoms with E-state index in [-0.39, 0.29) is 0 Å². The average Bonchev–Trinajstić information content (AvgIpc) is 2.06. The number of rotatable bonds is 4. The molecule has 1 radical (unpaired) electrons. The molecule has 0 aliphatic heterocycles. The summed E-state index contributed by atoms with van der Waals surface area (Å²) in [5.74, 6) is -0.601. The summed E-state index contributed by atoms with van der Waals surface area (Å²) in [6, 6.07) is 3.03. The van der Waals surface area contributed by atoms with Gasteiger partial charge in [0, 0.05) is 0 Å². The highest BCUT2D eigenvalue weighted by Crippen LogP contribution is 2.14. The van der Waals surface area contributed by atoms with Gasteiger partial charge < -0.3 is 5.73 Å². The van der Waals surface area contributed by atoms with Crippen molar-refractivity contribution in [2.45, 2.75) is 6.92 Å². The first-order valence-electron chi connectivity index (χ1n) is 4.37. The first-order valence-corrected chi connectivity index (χ1v) is 6.27. The van der Waals surface area contributed by atoms with Crippen molar-refractivity contribution in [2.24, 2.45) is 5.73 Å². The highest BCUT2D eigenvalue weighted by atomic mass is 32.2. The topological polar surface area (TPSA) is 102 Å². The van der Waals surface area contributed by atoms with Gasteiger partial charge in [-0.3, -0.25) is 14.5 Å². The molecule has 0 spiro atoms. The molecule has 1 rings (SSSR count). The van der Waals surface area contributed by atoms with Gasteiger partial charge in [-0.1, -0.05) is 0 Å². The second-order valence-corrected chi connectivity index (χ2v) is 5.04. The number of amides is 1. The largest absolute Gasteiger partial charge is 0.369 e. The number of nitrogens with two attached hydrogens (primary N) is 1. The number of primary amides is 1. The molecule has 6 nitrogen and oxygen atoms in total. The Bertz CT molecular complexity index is 511. The number of anilines is 1. The number of carbonyl (C=O) groups excluding carboxylic acids is 1. The van der Waals surface area contributed by atoms with Crippen LogP contribution in [0.4, 0.5) is 5.69 Å². The maximum absolute atomic E-state index is 11.0. The molecule has 1 aromatic heterocycles. The molecule has 1 amide bonds. The Morgan fingerprint density at radius 3 is 2.56 bits per heavy atom. The Kier molecular flexibility index (Phi) is 3.48. The lowest BCUT2D eigenvalue weighted by Gasteiger charge is -2.07. The van der Waals surface area contributed by atoms with Crippen LogP contribution in [0.3, 0.4) is 0 Å². The highest BCUT2D eigenvalue weighted by Gasteiger charge is 2.08. The van der Waals surface area contributed by atoms with E-state index in [1.165, 1.54) is 12.1 Å². The molecule has 0 saturated carbocycles. The summed E-state index contributed by atoms with van der Waals surface area (Å²) in [6.07, 6.45) is 2.22. The Hall–Kier alpha value is -1.63. The van der Waals surface area contributed by atoms with Gasteiger partial charge in [0.15, 0.2) is 0 Å². The van der Waals surface area contributed by atoms with E-state index < -0.39 is 15.9 Å². The van der Waals surface area contributed by atoms with Crippen molar-refractivity contribution in [3.8, 4) is 0 Å². The van der Waals surface area contributed by atoms with Crippen LogP contribution in [0, 0.1) is 13.3 Å². The minimum atomic E-state index is -3.33. The standard InChI is InChI=1S/C9H12N3O3S/c1-6-8(12-16(2,14)15)4-3-7(11-6)5-9(10)13/h3-5,12H,1-2H3,(H2,10,13). The number of nitrogens with one attached hydrogen (secondary N) is 1. The number of pyridine rings is 1. The maximum atomic E-state index is 11.0. The molecular formula is C9H12N3O3S. The molecule has 0 bridgehead atoms. The minimum absolute atomic E-state index is 0.379. The summed E-state index contributed by atoms with van der Waals surface area (Å²) in [6.45, 7) is 1.63. The molecule has 1 aromatic rings. The van der Waals surface area contributed by atoms with E-state index in [4.69, 9.17) is 5.73 Å². The maximum Gasteiger partial charge on any atom is 0.229 e. The van der Waals surface area contributed by atoms with Crippen molar-refractivity contribution in [3.05, 3.63) is 29.9 Å². The molecular weight excluding hydrogens is 230 g/mol. The van der Waals surface area contributed by atoms with Crippen LogP contribution in [0.15, 0.2) is 12.1 Å². The van der Waals surface area contributed by atoms with Gasteiger partial charge in [0.1, 0.15) is 0 Å². The molecule has 0 saturated heterocycles. The summed E-state index contributed by atoms with van der Waals surface area (Å²) in [5, 5.41) is 0. The SMILES string of the molecule is Cc1nc([CH]C(N)=O)ccc1NS(C)(=O)=O. The zero-order chi connectivity index (χ0) is 12.3. The van der Waals surface area contributed by atoms with Gasteiger partial charge in [-0.05, 0) is 19.1 Å². The van der Waals surface area contributed by atoms with Gasteiger partial charge in [0.2, 0.25) is 15.9 Å². The predicted molar refractivity (Wildman–Crippen MR) is 60.0 cm³/mol. The third-order valence-electron chi connectivity index (χ3n) is 1.69. The fourth-order valence-corrected chi connectivity index (χ4v) is 1.73. The predicted octanol–water partition coefficient (Wildman–Crippen LogP) is -0.201. The highest BCUT2D eigenvalue weighted by molar-refractivity contribution is 7.92. The third kappa shape index (κ3) is 3.85. The first-order chi connectivity index (χ1) is 7.28. The van der Waals surface area contributed by atoms with Crippen LogP contribution in [0.5, 0.6) is 0 Å². The second-order valence-electron chi connectivity index (χ2n) is 3.29. The van der Waals surface area contributed by atoms with Crippen LogP contribution in [-0.2, 0) is 14.8 Å².